The van der Waals surface area contributed by atoms with E-state index < -0.39 is 0 Å². The highest BCUT2D eigenvalue weighted by Crippen LogP contribution is 2.29. The van der Waals surface area contributed by atoms with Crippen LogP contribution in [0.15, 0.2) is 88.8 Å². The van der Waals surface area contributed by atoms with Gasteiger partial charge in [0.1, 0.15) is 18.1 Å². The van der Waals surface area contributed by atoms with E-state index in [2.05, 4.69) is 10.3 Å². The minimum atomic E-state index is -0.156. The molecule has 0 aliphatic carbocycles. The van der Waals surface area contributed by atoms with E-state index in [1.807, 2.05) is 84.9 Å². The maximum atomic E-state index is 12.3. The first kappa shape index (κ1) is 19.8. The third-order valence-corrected chi connectivity index (χ3v) is 5.29. The molecule has 1 amide bonds. The highest BCUT2D eigenvalue weighted by atomic mass is 32.2. The molecule has 0 spiro atoms. The molecule has 0 aromatic heterocycles. The Morgan fingerprint density at radius 3 is 2.33 bits per heavy atom. The van der Waals surface area contributed by atoms with Crippen LogP contribution in [-0.2, 0) is 11.4 Å². The van der Waals surface area contributed by atoms with Crippen molar-refractivity contribution in [3.05, 3.63) is 94.9 Å². The summed E-state index contributed by atoms with van der Waals surface area (Å²) in [4.78, 5) is 17.4. The minimum Gasteiger partial charge on any atom is -0.497 e. The zero-order valence-corrected chi connectivity index (χ0v) is 17.2. The third kappa shape index (κ3) is 5.10. The van der Waals surface area contributed by atoms with E-state index in [0.717, 1.165) is 28.3 Å². The van der Waals surface area contributed by atoms with Crippen molar-refractivity contribution in [2.75, 3.05) is 7.11 Å². The molecule has 0 saturated carbocycles. The van der Waals surface area contributed by atoms with Crippen LogP contribution in [0.5, 0.6) is 11.5 Å². The van der Waals surface area contributed by atoms with E-state index in [9.17, 15) is 4.79 Å². The SMILES string of the molecule is COc1ccc(N=C2NC(=O)/C(=C/c3ccc(OCc4ccccc4)cc3)S2)cc1. The fourth-order valence-electron chi connectivity index (χ4n) is 2.81. The molecule has 3 aromatic carbocycles. The second-order valence-corrected chi connectivity index (χ2v) is 7.55. The van der Waals surface area contributed by atoms with Crippen molar-refractivity contribution in [1.29, 1.82) is 0 Å². The van der Waals surface area contributed by atoms with Crippen molar-refractivity contribution in [3.63, 3.8) is 0 Å². The minimum absolute atomic E-state index is 0.156. The first-order valence-electron chi connectivity index (χ1n) is 9.40. The monoisotopic (exact) mass is 416 g/mol. The van der Waals surface area contributed by atoms with Crippen LogP contribution >= 0.6 is 11.8 Å². The van der Waals surface area contributed by atoms with Crippen LogP contribution in [-0.4, -0.2) is 18.2 Å². The molecule has 0 unspecified atom stereocenters. The molecule has 150 valence electrons. The molecule has 30 heavy (non-hydrogen) atoms. The summed E-state index contributed by atoms with van der Waals surface area (Å²) in [6.45, 7) is 0.519. The molecule has 0 bridgehead atoms. The Morgan fingerprint density at radius 2 is 1.63 bits per heavy atom. The predicted octanol–water partition coefficient (Wildman–Crippen LogP) is 5.17. The van der Waals surface area contributed by atoms with Gasteiger partial charge in [0, 0.05) is 0 Å². The molecule has 1 aliphatic heterocycles. The highest BCUT2D eigenvalue weighted by Gasteiger charge is 2.23. The average Bonchev–Trinajstić information content (AvgIpc) is 3.13. The summed E-state index contributed by atoms with van der Waals surface area (Å²) in [5.41, 5.74) is 2.79. The van der Waals surface area contributed by atoms with Crippen molar-refractivity contribution in [2.24, 2.45) is 4.99 Å². The maximum Gasteiger partial charge on any atom is 0.264 e. The summed E-state index contributed by atoms with van der Waals surface area (Å²) < 4.78 is 10.9. The lowest BCUT2D eigenvalue weighted by molar-refractivity contribution is -0.115. The Labute approximate surface area is 179 Å². The van der Waals surface area contributed by atoms with E-state index in [1.165, 1.54) is 11.8 Å². The zero-order chi connectivity index (χ0) is 20.8. The average molecular weight is 417 g/mol. The van der Waals surface area contributed by atoms with E-state index >= 15 is 0 Å². The number of thioether (sulfide) groups is 1. The van der Waals surface area contributed by atoms with Gasteiger partial charge in [-0.05, 0) is 65.4 Å². The Morgan fingerprint density at radius 1 is 0.933 bits per heavy atom. The normalized spacial score (nSPS) is 16.0. The summed E-state index contributed by atoms with van der Waals surface area (Å²) in [6.07, 6.45) is 1.84. The molecule has 5 nitrogen and oxygen atoms in total. The molecule has 1 N–H and O–H groups in total. The van der Waals surface area contributed by atoms with E-state index in [4.69, 9.17) is 9.47 Å². The Hall–Kier alpha value is -3.51. The van der Waals surface area contributed by atoms with Crippen LogP contribution in [0.3, 0.4) is 0 Å². The molecule has 1 heterocycles. The molecule has 6 heteroatoms. The van der Waals surface area contributed by atoms with Crippen molar-refractivity contribution in [3.8, 4) is 11.5 Å². The summed E-state index contributed by atoms with van der Waals surface area (Å²) in [7, 11) is 1.62. The summed E-state index contributed by atoms with van der Waals surface area (Å²) in [6, 6.07) is 25.0. The molecule has 0 atom stereocenters. The summed E-state index contributed by atoms with van der Waals surface area (Å²) in [5, 5.41) is 3.36. The number of hydrogen-bond donors (Lipinski definition) is 1. The largest absolute Gasteiger partial charge is 0.497 e. The van der Waals surface area contributed by atoms with Gasteiger partial charge in [0.25, 0.3) is 5.91 Å². The molecular weight excluding hydrogens is 396 g/mol. The Bertz CT molecular complexity index is 1080. The van der Waals surface area contributed by atoms with Crippen molar-refractivity contribution < 1.29 is 14.3 Å². The quantitative estimate of drug-likeness (QED) is 0.564. The number of carbonyl (C=O) groups excluding carboxylic acids is 1. The second kappa shape index (κ2) is 9.33. The fraction of sp³-hybridized carbons (Fsp3) is 0.0833. The standard InChI is InChI=1S/C24H20N2O3S/c1-28-20-13-9-19(10-14-20)25-24-26-23(27)22(30-24)15-17-7-11-21(12-8-17)29-16-18-5-3-2-4-6-18/h2-15H,16H2,1H3,(H,25,26,27)/b22-15-. The lowest BCUT2D eigenvalue weighted by Crippen LogP contribution is -2.19. The number of rotatable bonds is 6. The van der Waals surface area contributed by atoms with Crippen molar-refractivity contribution in [2.45, 2.75) is 6.61 Å². The van der Waals surface area contributed by atoms with E-state index in [1.54, 1.807) is 7.11 Å². The number of amides is 1. The van der Waals surface area contributed by atoms with Crippen molar-refractivity contribution in [1.82, 2.24) is 5.32 Å². The van der Waals surface area contributed by atoms with Gasteiger partial charge in [-0.3, -0.25) is 4.79 Å². The number of aliphatic imine (C=N–C) groups is 1. The lowest BCUT2D eigenvalue weighted by Gasteiger charge is -2.06. The molecule has 4 rings (SSSR count). The molecular formula is C24H20N2O3S. The van der Waals surface area contributed by atoms with Crippen LogP contribution in [0.4, 0.5) is 5.69 Å². The third-order valence-electron chi connectivity index (χ3n) is 4.38. The number of hydrogen-bond acceptors (Lipinski definition) is 5. The molecule has 0 radical (unpaired) electrons. The second-order valence-electron chi connectivity index (χ2n) is 6.52. The number of carbonyl (C=O) groups is 1. The van der Waals surface area contributed by atoms with Crippen LogP contribution in [0, 0.1) is 0 Å². The maximum absolute atomic E-state index is 12.3. The number of amidine groups is 1. The van der Waals surface area contributed by atoms with Gasteiger partial charge in [0.15, 0.2) is 5.17 Å². The fourth-order valence-corrected chi connectivity index (χ4v) is 3.65. The Balaban J connectivity index is 1.40. The van der Waals surface area contributed by atoms with E-state index in [0.29, 0.717) is 16.7 Å². The number of benzene rings is 3. The van der Waals surface area contributed by atoms with Gasteiger partial charge >= 0.3 is 0 Å². The summed E-state index contributed by atoms with van der Waals surface area (Å²) in [5.74, 6) is 1.39. The zero-order valence-electron chi connectivity index (χ0n) is 16.4. The van der Waals surface area contributed by atoms with Gasteiger partial charge in [0.05, 0.1) is 17.7 Å². The van der Waals surface area contributed by atoms with Crippen LogP contribution in [0.1, 0.15) is 11.1 Å². The Kier molecular flexibility index (Phi) is 6.15. The van der Waals surface area contributed by atoms with Crippen LogP contribution < -0.4 is 14.8 Å². The first-order chi connectivity index (χ1) is 14.7. The van der Waals surface area contributed by atoms with E-state index in [-0.39, 0.29) is 5.91 Å². The van der Waals surface area contributed by atoms with Gasteiger partial charge in [-0.25, -0.2) is 4.99 Å². The van der Waals surface area contributed by atoms with Gasteiger partial charge < -0.3 is 14.8 Å². The highest BCUT2D eigenvalue weighted by molar-refractivity contribution is 8.18. The van der Waals surface area contributed by atoms with Gasteiger partial charge in [-0.15, -0.1) is 0 Å². The van der Waals surface area contributed by atoms with Gasteiger partial charge in [-0.1, -0.05) is 42.5 Å². The molecule has 1 fully saturated rings. The summed E-state index contributed by atoms with van der Waals surface area (Å²) >= 11 is 1.32. The first-order valence-corrected chi connectivity index (χ1v) is 10.2. The van der Waals surface area contributed by atoms with Crippen molar-refractivity contribution >= 4 is 34.6 Å². The number of ether oxygens (including phenoxy) is 2. The van der Waals surface area contributed by atoms with Crippen LogP contribution in [0.2, 0.25) is 0 Å². The van der Waals surface area contributed by atoms with Gasteiger partial charge in [0.2, 0.25) is 0 Å². The number of nitrogens with zero attached hydrogens (tertiary/aromatic N) is 1. The van der Waals surface area contributed by atoms with Crippen LogP contribution in [0.25, 0.3) is 6.08 Å². The number of methoxy groups -OCH3 is 1. The topological polar surface area (TPSA) is 59.9 Å². The molecule has 1 aliphatic rings. The number of nitrogens with one attached hydrogen (secondary N) is 1. The van der Waals surface area contributed by atoms with Gasteiger partial charge in [-0.2, -0.15) is 0 Å². The predicted molar refractivity (Wildman–Crippen MR) is 121 cm³/mol. The smallest absolute Gasteiger partial charge is 0.264 e. The molecule has 3 aromatic rings. The molecule has 1 saturated heterocycles. The lowest BCUT2D eigenvalue weighted by atomic mass is 10.2.